The van der Waals surface area contributed by atoms with Crippen molar-refractivity contribution in [1.82, 2.24) is 10.2 Å². The summed E-state index contributed by atoms with van der Waals surface area (Å²) in [6.45, 7) is 10.3. The first kappa shape index (κ1) is 14.2. The number of nitrogens with one attached hydrogen (secondary N) is 1. The SMILES string of the molecule is COc1ccc(OCCN2CCNCC2)c(C)c1C. The van der Waals surface area contributed by atoms with Crippen molar-refractivity contribution in [3.05, 3.63) is 23.3 Å². The van der Waals surface area contributed by atoms with Crippen molar-refractivity contribution in [2.24, 2.45) is 0 Å². The minimum absolute atomic E-state index is 0.743. The smallest absolute Gasteiger partial charge is 0.122 e. The van der Waals surface area contributed by atoms with Crippen LogP contribution in [0.4, 0.5) is 0 Å². The van der Waals surface area contributed by atoms with Gasteiger partial charge in [-0.3, -0.25) is 4.90 Å². The Morgan fingerprint density at radius 2 is 1.74 bits per heavy atom. The number of hydrogen-bond acceptors (Lipinski definition) is 4. The molecule has 0 aliphatic carbocycles. The predicted molar refractivity (Wildman–Crippen MR) is 77.3 cm³/mol. The molecule has 0 aromatic heterocycles. The van der Waals surface area contributed by atoms with Gasteiger partial charge in [-0.25, -0.2) is 0 Å². The first-order chi connectivity index (χ1) is 9.22. The van der Waals surface area contributed by atoms with Crippen LogP contribution in [0.15, 0.2) is 12.1 Å². The maximum absolute atomic E-state index is 5.90. The van der Waals surface area contributed by atoms with Gasteiger partial charge in [0.05, 0.1) is 7.11 Å². The second kappa shape index (κ2) is 6.78. The Labute approximate surface area is 115 Å². The van der Waals surface area contributed by atoms with E-state index in [1.165, 1.54) is 5.56 Å². The Kier molecular flexibility index (Phi) is 5.05. The average molecular weight is 264 g/mol. The Morgan fingerprint density at radius 1 is 1.11 bits per heavy atom. The number of piperazine rings is 1. The maximum Gasteiger partial charge on any atom is 0.122 e. The first-order valence-corrected chi connectivity index (χ1v) is 6.92. The van der Waals surface area contributed by atoms with Crippen molar-refractivity contribution in [3.8, 4) is 11.5 Å². The monoisotopic (exact) mass is 264 g/mol. The Morgan fingerprint density at radius 3 is 2.42 bits per heavy atom. The lowest BCUT2D eigenvalue weighted by Gasteiger charge is -2.27. The van der Waals surface area contributed by atoms with Crippen molar-refractivity contribution < 1.29 is 9.47 Å². The third-order valence-electron chi connectivity index (χ3n) is 3.78. The van der Waals surface area contributed by atoms with Crippen LogP contribution in [-0.4, -0.2) is 51.3 Å². The molecule has 4 nitrogen and oxygen atoms in total. The van der Waals surface area contributed by atoms with E-state index in [1.807, 2.05) is 12.1 Å². The van der Waals surface area contributed by atoms with Gasteiger partial charge in [-0.1, -0.05) is 0 Å². The molecule has 1 aliphatic rings. The van der Waals surface area contributed by atoms with Crippen LogP contribution in [0.25, 0.3) is 0 Å². The first-order valence-electron chi connectivity index (χ1n) is 6.92. The lowest BCUT2D eigenvalue weighted by Crippen LogP contribution is -2.44. The molecule has 0 atom stereocenters. The van der Waals surface area contributed by atoms with E-state index < -0.39 is 0 Å². The summed E-state index contributed by atoms with van der Waals surface area (Å²) in [5.41, 5.74) is 2.32. The van der Waals surface area contributed by atoms with Crippen LogP contribution in [0.1, 0.15) is 11.1 Å². The van der Waals surface area contributed by atoms with Crippen LogP contribution in [0.3, 0.4) is 0 Å². The molecule has 0 saturated carbocycles. The van der Waals surface area contributed by atoms with E-state index in [9.17, 15) is 0 Å². The van der Waals surface area contributed by atoms with Gasteiger partial charge in [-0.2, -0.15) is 0 Å². The largest absolute Gasteiger partial charge is 0.496 e. The summed E-state index contributed by atoms with van der Waals surface area (Å²) in [6, 6.07) is 3.97. The molecule has 1 aromatic carbocycles. The quantitative estimate of drug-likeness (QED) is 0.876. The van der Waals surface area contributed by atoms with E-state index in [2.05, 4.69) is 24.1 Å². The highest BCUT2D eigenvalue weighted by atomic mass is 16.5. The molecular weight excluding hydrogens is 240 g/mol. The lowest BCUT2D eigenvalue weighted by atomic mass is 10.1. The van der Waals surface area contributed by atoms with Gasteiger partial charge in [0.1, 0.15) is 18.1 Å². The number of ether oxygens (including phenoxy) is 2. The van der Waals surface area contributed by atoms with E-state index in [4.69, 9.17) is 9.47 Å². The van der Waals surface area contributed by atoms with Gasteiger partial charge in [0.15, 0.2) is 0 Å². The molecule has 106 valence electrons. The Hall–Kier alpha value is -1.26. The molecule has 0 bridgehead atoms. The number of benzene rings is 1. The summed E-state index contributed by atoms with van der Waals surface area (Å²) >= 11 is 0. The molecule has 0 spiro atoms. The molecule has 1 saturated heterocycles. The molecule has 1 N–H and O–H groups in total. The van der Waals surface area contributed by atoms with Crippen LogP contribution in [-0.2, 0) is 0 Å². The number of rotatable bonds is 5. The van der Waals surface area contributed by atoms with Gasteiger partial charge < -0.3 is 14.8 Å². The third kappa shape index (κ3) is 3.61. The number of nitrogens with zero attached hydrogens (tertiary/aromatic N) is 1. The molecule has 1 fully saturated rings. The molecule has 0 unspecified atom stereocenters. The van der Waals surface area contributed by atoms with Crippen molar-refractivity contribution in [2.75, 3.05) is 46.4 Å². The summed E-state index contributed by atoms with van der Waals surface area (Å²) in [4.78, 5) is 2.43. The van der Waals surface area contributed by atoms with Crippen molar-refractivity contribution >= 4 is 0 Å². The molecule has 0 amide bonds. The summed E-state index contributed by atoms with van der Waals surface area (Å²) in [7, 11) is 1.70. The third-order valence-corrected chi connectivity index (χ3v) is 3.78. The fraction of sp³-hybridized carbons (Fsp3) is 0.600. The van der Waals surface area contributed by atoms with Gasteiger partial charge in [0.25, 0.3) is 0 Å². The highest BCUT2D eigenvalue weighted by Crippen LogP contribution is 2.28. The van der Waals surface area contributed by atoms with E-state index in [0.29, 0.717) is 0 Å². The van der Waals surface area contributed by atoms with Crippen molar-refractivity contribution in [2.45, 2.75) is 13.8 Å². The highest BCUT2D eigenvalue weighted by Gasteiger charge is 2.10. The Bertz CT molecular complexity index is 415. The second-order valence-corrected chi connectivity index (χ2v) is 4.96. The van der Waals surface area contributed by atoms with Crippen molar-refractivity contribution in [3.63, 3.8) is 0 Å². The molecule has 1 aromatic rings. The average Bonchev–Trinajstić information content (AvgIpc) is 2.45. The number of hydrogen-bond donors (Lipinski definition) is 1. The molecule has 1 aliphatic heterocycles. The van der Waals surface area contributed by atoms with Gasteiger partial charge in [0.2, 0.25) is 0 Å². The topological polar surface area (TPSA) is 33.7 Å². The minimum atomic E-state index is 0.743. The predicted octanol–water partition coefficient (Wildman–Crippen LogP) is 1.60. The highest BCUT2D eigenvalue weighted by molar-refractivity contribution is 5.47. The Balaban J connectivity index is 1.87. The summed E-state index contributed by atoms with van der Waals surface area (Å²) in [5, 5.41) is 3.36. The van der Waals surface area contributed by atoms with Crippen LogP contribution in [0.5, 0.6) is 11.5 Å². The van der Waals surface area contributed by atoms with E-state index >= 15 is 0 Å². The zero-order valence-electron chi connectivity index (χ0n) is 12.2. The van der Waals surface area contributed by atoms with Gasteiger partial charge in [-0.15, -0.1) is 0 Å². The zero-order chi connectivity index (χ0) is 13.7. The van der Waals surface area contributed by atoms with E-state index in [0.717, 1.165) is 56.4 Å². The molecule has 19 heavy (non-hydrogen) atoms. The van der Waals surface area contributed by atoms with E-state index in [-0.39, 0.29) is 0 Å². The summed E-state index contributed by atoms with van der Waals surface area (Å²) in [6.07, 6.45) is 0. The fourth-order valence-corrected chi connectivity index (χ4v) is 2.37. The lowest BCUT2D eigenvalue weighted by molar-refractivity contribution is 0.190. The van der Waals surface area contributed by atoms with Crippen LogP contribution >= 0.6 is 0 Å². The summed E-state index contributed by atoms with van der Waals surface area (Å²) < 4.78 is 11.2. The molecule has 1 heterocycles. The van der Waals surface area contributed by atoms with Crippen molar-refractivity contribution in [1.29, 1.82) is 0 Å². The second-order valence-electron chi connectivity index (χ2n) is 4.96. The molecule has 0 radical (unpaired) electrons. The normalized spacial score (nSPS) is 16.4. The molecular formula is C15H24N2O2. The minimum Gasteiger partial charge on any atom is -0.496 e. The van der Waals surface area contributed by atoms with Gasteiger partial charge in [-0.05, 0) is 37.1 Å². The molecule has 2 rings (SSSR count). The van der Waals surface area contributed by atoms with E-state index in [1.54, 1.807) is 7.11 Å². The fourth-order valence-electron chi connectivity index (χ4n) is 2.37. The molecule has 4 heteroatoms. The van der Waals surface area contributed by atoms with Crippen LogP contribution in [0.2, 0.25) is 0 Å². The summed E-state index contributed by atoms with van der Waals surface area (Å²) in [5.74, 6) is 1.89. The van der Waals surface area contributed by atoms with Crippen LogP contribution < -0.4 is 14.8 Å². The zero-order valence-corrected chi connectivity index (χ0v) is 12.2. The van der Waals surface area contributed by atoms with Crippen LogP contribution in [0, 0.1) is 13.8 Å². The van der Waals surface area contributed by atoms with Gasteiger partial charge >= 0.3 is 0 Å². The maximum atomic E-state index is 5.90. The number of methoxy groups -OCH3 is 1. The standard InChI is InChI=1S/C15H24N2O2/c1-12-13(2)15(5-4-14(12)18-3)19-11-10-17-8-6-16-7-9-17/h4-5,16H,6-11H2,1-3H3. The van der Waals surface area contributed by atoms with Gasteiger partial charge in [0, 0.05) is 32.7 Å².